The van der Waals surface area contributed by atoms with Crippen molar-refractivity contribution in [1.82, 2.24) is 4.90 Å². The van der Waals surface area contributed by atoms with Gasteiger partial charge < -0.3 is 0 Å². The van der Waals surface area contributed by atoms with E-state index in [1.807, 2.05) is 0 Å². The van der Waals surface area contributed by atoms with E-state index in [4.69, 9.17) is 0 Å². The molecule has 0 spiro atoms. The molecule has 3 rings (SSSR count). The van der Waals surface area contributed by atoms with Crippen LogP contribution in [0.5, 0.6) is 0 Å². The third-order valence-corrected chi connectivity index (χ3v) is 6.00. The van der Waals surface area contributed by atoms with Crippen molar-refractivity contribution >= 4 is 11.8 Å². The first-order valence-electron chi connectivity index (χ1n) is 10.8. The third-order valence-electron chi connectivity index (χ3n) is 6.00. The summed E-state index contributed by atoms with van der Waals surface area (Å²) < 4.78 is 0. The Morgan fingerprint density at radius 3 is 2.00 bits per heavy atom. The van der Waals surface area contributed by atoms with E-state index in [9.17, 15) is 9.59 Å². The van der Waals surface area contributed by atoms with Crippen molar-refractivity contribution in [3.8, 4) is 0 Å². The molecule has 1 aromatic rings. The Bertz CT molecular complexity index is 760. The van der Waals surface area contributed by atoms with E-state index in [2.05, 4.69) is 59.7 Å². The summed E-state index contributed by atoms with van der Waals surface area (Å²) in [6.07, 6.45) is 6.91. The quantitative estimate of drug-likeness (QED) is 0.586. The van der Waals surface area contributed by atoms with Crippen molar-refractivity contribution in [1.29, 1.82) is 0 Å². The molecule has 0 unspecified atom stereocenters. The van der Waals surface area contributed by atoms with Gasteiger partial charge in [-0.2, -0.15) is 0 Å². The van der Waals surface area contributed by atoms with Crippen molar-refractivity contribution in [3.63, 3.8) is 0 Å². The van der Waals surface area contributed by atoms with Gasteiger partial charge in [-0.3, -0.25) is 14.5 Å². The number of carbonyl (C=O) groups is 2. The van der Waals surface area contributed by atoms with E-state index in [-0.39, 0.29) is 23.3 Å². The van der Waals surface area contributed by atoms with Gasteiger partial charge in [0.25, 0.3) is 11.8 Å². The zero-order valence-corrected chi connectivity index (χ0v) is 18.3. The van der Waals surface area contributed by atoms with E-state index in [1.165, 1.54) is 28.8 Å². The lowest BCUT2D eigenvalue weighted by Crippen LogP contribution is -2.43. The van der Waals surface area contributed by atoms with Gasteiger partial charge in [-0.1, -0.05) is 59.7 Å². The standard InChI is InChI=1S/C25H35NO2/c1-16(2)11-19-7-8-21-20(12-19)15-25(13-17(3)4,14-18(5)6)24(21)26-22(27)9-10-23(26)28/h7-10,12,16-18,24H,11,13-15H2,1-6H3/t24-/m1/s1. The van der Waals surface area contributed by atoms with Crippen LogP contribution in [0, 0.1) is 23.2 Å². The van der Waals surface area contributed by atoms with Crippen LogP contribution >= 0.6 is 0 Å². The van der Waals surface area contributed by atoms with Crippen LogP contribution in [-0.2, 0) is 22.4 Å². The van der Waals surface area contributed by atoms with Crippen molar-refractivity contribution in [2.75, 3.05) is 0 Å². The normalized spacial score (nSPS) is 20.9. The second kappa shape index (κ2) is 7.85. The fraction of sp³-hybridized carbons (Fsp3) is 0.600. The number of carbonyl (C=O) groups excluding carboxylic acids is 2. The number of hydrogen-bond acceptors (Lipinski definition) is 2. The minimum absolute atomic E-state index is 0.0849. The molecular formula is C25H35NO2. The maximum Gasteiger partial charge on any atom is 0.254 e. The summed E-state index contributed by atoms with van der Waals surface area (Å²) in [7, 11) is 0. The van der Waals surface area contributed by atoms with Crippen LogP contribution in [0.15, 0.2) is 30.4 Å². The minimum atomic E-state index is -0.161. The monoisotopic (exact) mass is 381 g/mol. The maximum atomic E-state index is 12.7. The molecule has 0 N–H and O–H groups in total. The van der Waals surface area contributed by atoms with Gasteiger partial charge in [0.1, 0.15) is 0 Å². The fourth-order valence-electron chi connectivity index (χ4n) is 5.64. The molecule has 1 aliphatic heterocycles. The molecule has 152 valence electrons. The number of amides is 2. The zero-order chi connectivity index (χ0) is 20.6. The molecule has 0 saturated carbocycles. The zero-order valence-electron chi connectivity index (χ0n) is 18.3. The van der Waals surface area contributed by atoms with Gasteiger partial charge in [0.2, 0.25) is 0 Å². The van der Waals surface area contributed by atoms with Gasteiger partial charge >= 0.3 is 0 Å². The molecule has 3 nitrogen and oxygen atoms in total. The second-order valence-electron chi connectivity index (χ2n) is 10.1. The van der Waals surface area contributed by atoms with Crippen LogP contribution in [0.1, 0.15) is 77.1 Å². The van der Waals surface area contributed by atoms with Crippen LogP contribution < -0.4 is 0 Å². The van der Waals surface area contributed by atoms with E-state index in [1.54, 1.807) is 4.90 Å². The number of fused-ring (bicyclic) bond motifs is 1. The lowest BCUT2D eigenvalue weighted by Gasteiger charge is -2.42. The number of benzene rings is 1. The third kappa shape index (κ3) is 3.94. The maximum absolute atomic E-state index is 12.7. The molecule has 3 heteroatoms. The van der Waals surface area contributed by atoms with Crippen molar-refractivity contribution in [2.24, 2.45) is 23.2 Å². The van der Waals surface area contributed by atoms with Gasteiger partial charge in [0.15, 0.2) is 0 Å². The van der Waals surface area contributed by atoms with Gasteiger partial charge in [-0.05, 0) is 60.1 Å². The van der Waals surface area contributed by atoms with Crippen LogP contribution in [0.4, 0.5) is 0 Å². The first-order chi connectivity index (χ1) is 13.1. The van der Waals surface area contributed by atoms with E-state index >= 15 is 0 Å². The highest BCUT2D eigenvalue weighted by Crippen LogP contribution is 2.56. The molecule has 1 heterocycles. The number of imide groups is 1. The lowest BCUT2D eigenvalue weighted by molar-refractivity contribution is -0.143. The van der Waals surface area contributed by atoms with Crippen molar-refractivity contribution in [3.05, 3.63) is 47.0 Å². The summed E-state index contributed by atoms with van der Waals surface area (Å²) in [5, 5.41) is 0. The van der Waals surface area contributed by atoms with Gasteiger partial charge in [-0.25, -0.2) is 0 Å². The fourth-order valence-corrected chi connectivity index (χ4v) is 5.64. The Hall–Kier alpha value is -1.90. The second-order valence-corrected chi connectivity index (χ2v) is 10.1. The Kier molecular flexibility index (Phi) is 5.84. The molecule has 0 fully saturated rings. The van der Waals surface area contributed by atoms with Crippen molar-refractivity contribution in [2.45, 2.75) is 73.3 Å². The van der Waals surface area contributed by atoms with Crippen LogP contribution in [-0.4, -0.2) is 16.7 Å². The van der Waals surface area contributed by atoms with Crippen LogP contribution in [0.2, 0.25) is 0 Å². The predicted molar refractivity (Wildman–Crippen MR) is 114 cm³/mol. The first kappa shape index (κ1) is 20.8. The van der Waals surface area contributed by atoms with E-state index in [0.717, 1.165) is 25.7 Å². The summed E-state index contributed by atoms with van der Waals surface area (Å²) in [6, 6.07) is 6.57. The molecule has 0 radical (unpaired) electrons. The summed E-state index contributed by atoms with van der Waals surface area (Å²) in [5.41, 5.74) is 3.78. The number of hydrogen-bond donors (Lipinski definition) is 0. The van der Waals surface area contributed by atoms with Gasteiger partial charge in [0, 0.05) is 17.6 Å². The average molecular weight is 382 g/mol. The highest BCUT2D eigenvalue weighted by Gasteiger charge is 2.52. The average Bonchev–Trinajstić information content (AvgIpc) is 3.01. The molecule has 0 aromatic heterocycles. The molecule has 1 atom stereocenters. The Balaban J connectivity index is 2.11. The SMILES string of the molecule is CC(C)Cc1ccc2c(c1)CC(CC(C)C)(CC(C)C)[C@@H]2N1C(=O)C=CC1=O. The van der Waals surface area contributed by atoms with Crippen LogP contribution in [0.3, 0.4) is 0 Å². The first-order valence-corrected chi connectivity index (χ1v) is 10.8. The predicted octanol–water partition coefficient (Wildman–Crippen LogP) is 5.49. The molecule has 0 saturated heterocycles. The molecular weight excluding hydrogens is 346 g/mol. The highest BCUT2D eigenvalue weighted by atomic mass is 16.2. The summed E-state index contributed by atoms with van der Waals surface area (Å²) in [6.45, 7) is 13.5. The number of nitrogens with zero attached hydrogens (tertiary/aromatic N) is 1. The minimum Gasteiger partial charge on any atom is -0.269 e. The van der Waals surface area contributed by atoms with E-state index < -0.39 is 0 Å². The smallest absolute Gasteiger partial charge is 0.254 e. The van der Waals surface area contributed by atoms with Crippen LogP contribution in [0.25, 0.3) is 0 Å². The van der Waals surface area contributed by atoms with Crippen molar-refractivity contribution < 1.29 is 9.59 Å². The molecule has 1 aromatic carbocycles. The molecule has 2 aliphatic rings. The Morgan fingerprint density at radius 2 is 1.50 bits per heavy atom. The van der Waals surface area contributed by atoms with Gasteiger partial charge in [0.05, 0.1) is 6.04 Å². The largest absolute Gasteiger partial charge is 0.269 e. The molecule has 28 heavy (non-hydrogen) atoms. The summed E-state index contributed by atoms with van der Waals surface area (Å²) in [5.74, 6) is 1.30. The Morgan fingerprint density at radius 1 is 0.929 bits per heavy atom. The summed E-state index contributed by atoms with van der Waals surface area (Å²) in [4.78, 5) is 26.9. The molecule has 2 amide bonds. The Labute approximate surface area is 170 Å². The topological polar surface area (TPSA) is 37.4 Å². The molecule has 0 bridgehead atoms. The summed E-state index contributed by atoms with van der Waals surface area (Å²) >= 11 is 0. The van der Waals surface area contributed by atoms with Gasteiger partial charge in [-0.15, -0.1) is 0 Å². The number of rotatable bonds is 7. The highest BCUT2D eigenvalue weighted by molar-refractivity contribution is 6.13. The molecule has 1 aliphatic carbocycles. The van der Waals surface area contributed by atoms with E-state index in [0.29, 0.717) is 17.8 Å². The lowest BCUT2D eigenvalue weighted by atomic mass is 9.69.